The van der Waals surface area contributed by atoms with E-state index in [0.29, 0.717) is 31.1 Å². The molecule has 1 saturated heterocycles. The number of carboxylic acids is 1. The maximum atomic E-state index is 12.9. The van der Waals surface area contributed by atoms with Crippen LogP contribution in [0.1, 0.15) is 69.1 Å². The van der Waals surface area contributed by atoms with Crippen molar-refractivity contribution in [3.63, 3.8) is 0 Å². The second-order valence-corrected chi connectivity index (χ2v) is 8.27. The number of carbonyl (C=O) groups excluding carboxylic acids is 1. The van der Waals surface area contributed by atoms with Gasteiger partial charge in [-0.2, -0.15) is 5.10 Å². The van der Waals surface area contributed by atoms with Crippen molar-refractivity contribution >= 4 is 11.9 Å². The second-order valence-electron chi connectivity index (χ2n) is 8.27. The van der Waals surface area contributed by atoms with Crippen LogP contribution in [0.3, 0.4) is 0 Å². The normalized spacial score (nSPS) is 24.9. The predicted octanol–water partition coefficient (Wildman–Crippen LogP) is 2.70. The fourth-order valence-electron chi connectivity index (χ4n) is 3.57. The number of hydrogen-bond donors (Lipinski definition) is 1. The Morgan fingerprint density at radius 1 is 1.25 bits per heavy atom. The number of piperidine rings is 1. The molecule has 2 fully saturated rings. The van der Waals surface area contributed by atoms with Gasteiger partial charge in [0.05, 0.1) is 11.5 Å². The van der Waals surface area contributed by atoms with Crippen LogP contribution in [0.25, 0.3) is 0 Å². The topological polar surface area (TPSA) is 75.4 Å². The molecule has 0 aromatic carbocycles. The zero-order valence-corrected chi connectivity index (χ0v) is 15.0. The van der Waals surface area contributed by atoms with Gasteiger partial charge in [-0.15, -0.1) is 0 Å². The molecule has 1 aromatic heterocycles. The molecule has 1 aliphatic heterocycles. The van der Waals surface area contributed by atoms with Crippen molar-refractivity contribution < 1.29 is 14.7 Å². The van der Waals surface area contributed by atoms with E-state index in [1.54, 1.807) is 4.90 Å². The molecule has 2 aliphatic rings. The highest BCUT2D eigenvalue weighted by Gasteiger charge is 2.36. The molecule has 2 heterocycles. The first-order chi connectivity index (χ1) is 11.2. The summed E-state index contributed by atoms with van der Waals surface area (Å²) in [5.74, 6) is -0.704. The van der Waals surface area contributed by atoms with E-state index in [9.17, 15) is 14.7 Å². The molecule has 6 heteroatoms. The van der Waals surface area contributed by atoms with E-state index in [0.717, 1.165) is 18.5 Å². The Morgan fingerprint density at radius 3 is 2.42 bits per heavy atom. The molecule has 2 atom stereocenters. The largest absolute Gasteiger partial charge is 0.481 e. The first kappa shape index (κ1) is 17.0. The Bertz CT molecular complexity index is 655. The van der Waals surface area contributed by atoms with Crippen molar-refractivity contribution in [3.05, 3.63) is 17.5 Å². The van der Waals surface area contributed by atoms with Crippen molar-refractivity contribution in [3.8, 4) is 0 Å². The fraction of sp³-hybridized carbons (Fsp3) is 0.722. The van der Waals surface area contributed by atoms with Gasteiger partial charge in [0.25, 0.3) is 5.91 Å². The number of rotatable bonds is 3. The summed E-state index contributed by atoms with van der Waals surface area (Å²) < 4.78 is 1.99. The zero-order chi connectivity index (χ0) is 17.6. The maximum absolute atomic E-state index is 12.9. The summed E-state index contributed by atoms with van der Waals surface area (Å²) in [4.78, 5) is 25.9. The molecule has 3 rings (SSSR count). The summed E-state index contributed by atoms with van der Waals surface area (Å²) >= 11 is 0. The van der Waals surface area contributed by atoms with E-state index in [1.807, 2.05) is 17.7 Å². The Balaban J connectivity index is 1.80. The third kappa shape index (κ3) is 3.19. The lowest BCUT2D eigenvalue weighted by atomic mass is 9.87. The number of likely N-dealkylation sites (tertiary alicyclic amines) is 1. The van der Waals surface area contributed by atoms with E-state index >= 15 is 0 Å². The minimum Gasteiger partial charge on any atom is -0.481 e. The Labute approximate surface area is 142 Å². The third-order valence-electron chi connectivity index (χ3n) is 5.10. The van der Waals surface area contributed by atoms with Crippen LogP contribution >= 0.6 is 0 Å². The lowest BCUT2D eigenvalue weighted by Crippen LogP contribution is -2.45. The van der Waals surface area contributed by atoms with Crippen LogP contribution in [0.5, 0.6) is 0 Å². The molecule has 0 radical (unpaired) electrons. The van der Waals surface area contributed by atoms with Gasteiger partial charge in [0.15, 0.2) is 5.69 Å². The van der Waals surface area contributed by atoms with Crippen molar-refractivity contribution in [2.45, 2.75) is 58.4 Å². The first-order valence-electron chi connectivity index (χ1n) is 8.81. The summed E-state index contributed by atoms with van der Waals surface area (Å²) in [6, 6.07) is 1.94. The first-order valence-corrected chi connectivity index (χ1v) is 8.81. The molecule has 0 spiro atoms. The highest BCUT2D eigenvalue weighted by molar-refractivity contribution is 5.92. The van der Waals surface area contributed by atoms with Gasteiger partial charge in [-0.05, 0) is 52.0 Å². The van der Waals surface area contributed by atoms with Gasteiger partial charge in [-0.25, -0.2) is 0 Å². The van der Waals surface area contributed by atoms with Crippen LogP contribution in [0.15, 0.2) is 6.07 Å². The van der Waals surface area contributed by atoms with Crippen LogP contribution in [-0.2, 0) is 10.3 Å². The summed E-state index contributed by atoms with van der Waals surface area (Å²) in [6.07, 6.45) is 2.84. The standard InChI is InChI=1S/C18H27N3O3/c1-11-10-20(8-7-13(11)17(23)24)16(22)14-9-15(12-5-6-12)21(19-14)18(2,3)4/h9,11-13H,5-8,10H2,1-4H3,(H,23,24). The number of nitrogens with zero attached hydrogens (tertiary/aromatic N) is 3. The number of hydrogen-bond acceptors (Lipinski definition) is 3. The number of aliphatic carboxylic acids is 1. The summed E-state index contributed by atoms with van der Waals surface area (Å²) in [6.45, 7) is 9.17. The van der Waals surface area contributed by atoms with Gasteiger partial charge < -0.3 is 10.0 Å². The minimum atomic E-state index is -0.761. The number of aromatic nitrogens is 2. The summed E-state index contributed by atoms with van der Waals surface area (Å²) in [7, 11) is 0. The van der Waals surface area contributed by atoms with E-state index in [1.165, 1.54) is 0 Å². The van der Waals surface area contributed by atoms with E-state index < -0.39 is 5.97 Å². The maximum Gasteiger partial charge on any atom is 0.306 e. The summed E-state index contributed by atoms with van der Waals surface area (Å²) in [5, 5.41) is 13.8. The second kappa shape index (κ2) is 5.90. The summed E-state index contributed by atoms with van der Waals surface area (Å²) in [5.41, 5.74) is 1.49. The molecule has 1 saturated carbocycles. The molecule has 1 amide bonds. The van der Waals surface area contributed by atoms with Gasteiger partial charge in [-0.3, -0.25) is 14.3 Å². The van der Waals surface area contributed by atoms with Crippen molar-refractivity contribution in [1.29, 1.82) is 0 Å². The van der Waals surface area contributed by atoms with Gasteiger partial charge >= 0.3 is 5.97 Å². The fourth-order valence-corrected chi connectivity index (χ4v) is 3.57. The molecule has 0 bridgehead atoms. The van der Waals surface area contributed by atoms with E-state index in [-0.39, 0.29) is 23.3 Å². The van der Waals surface area contributed by atoms with Gasteiger partial charge in [0, 0.05) is 24.7 Å². The van der Waals surface area contributed by atoms with Crippen LogP contribution < -0.4 is 0 Å². The molecule has 1 N–H and O–H groups in total. The number of amides is 1. The highest BCUT2D eigenvalue weighted by Crippen LogP contribution is 2.42. The smallest absolute Gasteiger partial charge is 0.306 e. The molecule has 132 valence electrons. The number of carboxylic acid groups (broad SMARTS) is 1. The zero-order valence-electron chi connectivity index (χ0n) is 15.0. The van der Waals surface area contributed by atoms with E-state index in [2.05, 4.69) is 25.9 Å². The predicted molar refractivity (Wildman–Crippen MR) is 90.0 cm³/mol. The van der Waals surface area contributed by atoms with Crippen molar-refractivity contribution in [2.75, 3.05) is 13.1 Å². The SMILES string of the molecule is CC1CN(C(=O)c2cc(C3CC3)n(C(C)(C)C)n2)CCC1C(=O)O. The van der Waals surface area contributed by atoms with Crippen LogP contribution in [0.4, 0.5) is 0 Å². The Kier molecular flexibility index (Phi) is 4.18. The van der Waals surface area contributed by atoms with Gasteiger partial charge in [0.1, 0.15) is 0 Å². The van der Waals surface area contributed by atoms with Crippen LogP contribution in [0, 0.1) is 11.8 Å². The highest BCUT2D eigenvalue weighted by atomic mass is 16.4. The lowest BCUT2D eigenvalue weighted by molar-refractivity contribution is -0.145. The van der Waals surface area contributed by atoms with Crippen molar-refractivity contribution in [1.82, 2.24) is 14.7 Å². The van der Waals surface area contributed by atoms with Crippen LogP contribution in [-0.4, -0.2) is 44.8 Å². The molecule has 6 nitrogen and oxygen atoms in total. The number of carbonyl (C=O) groups is 2. The van der Waals surface area contributed by atoms with Crippen LogP contribution in [0.2, 0.25) is 0 Å². The van der Waals surface area contributed by atoms with Gasteiger partial charge in [-0.1, -0.05) is 6.92 Å². The molecule has 24 heavy (non-hydrogen) atoms. The average Bonchev–Trinajstić information content (AvgIpc) is 3.23. The lowest BCUT2D eigenvalue weighted by Gasteiger charge is -2.34. The van der Waals surface area contributed by atoms with Crippen molar-refractivity contribution in [2.24, 2.45) is 11.8 Å². The third-order valence-corrected chi connectivity index (χ3v) is 5.10. The molecular weight excluding hydrogens is 306 g/mol. The Morgan fingerprint density at radius 2 is 1.92 bits per heavy atom. The van der Waals surface area contributed by atoms with E-state index in [4.69, 9.17) is 0 Å². The van der Waals surface area contributed by atoms with Gasteiger partial charge in [0.2, 0.25) is 0 Å². The molecule has 2 unspecified atom stereocenters. The molecular formula is C18H27N3O3. The molecule has 1 aromatic rings. The minimum absolute atomic E-state index is 0.0344. The monoisotopic (exact) mass is 333 g/mol. The molecule has 1 aliphatic carbocycles. The quantitative estimate of drug-likeness (QED) is 0.923. The Hall–Kier alpha value is -1.85. The average molecular weight is 333 g/mol.